The zero-order chi connectivity index (χ0) is 18.5. The summed E-state index contributed by atoms with van der Waals surface area (Å²) in [6.07, 6.45) is 0. The van der Waals surface area contributed by atoms with Gasteiger partial charge in [-0.3, -0.25) is 0 Å². The number of aromatic nitrogens is 1. The lowest BCUT2D eigenvalue weighted by molar-refractivity contribution is 0.174. The number of methoxy groups -OCH3 is 1. The summed E-state index contributed by atoms with van der Waals surface area (Å²) >= 11 is 0. The smallest absolute Gasteiger partial charge is 0.231 e. The summed E-state index contributed by atoms with van der Waals surface area (Å²) in [7, 11) is 1.64. The second kappa shape index (κ2) is 7.56. The van der Waals surface area contributed by atoms with E-state index in [4.69, 9.17) is 14.2 Å². The summed E-state index contributed by atoms with van der Waals surface area (Å²) in [5.74, 6) is 14.6. The van der Waals surface area contributed by atoms with Crippen LogP contribution in [-0.2, 0) is 0 Å². The molecular weight excluding hydrogens is 338 g/mol. The van der Waals surface area contributed by atoms with E-state index in [1.165, 1.54) is 0 Å². The molecule has 0 saturated carbocycles. The molecular formula is C23H15NO3. The van der Waals surface area contributed by atoms with Gasteiger partial charge >= 0.3 is 0 Å². The van der Waals surface area contributed by atoms with E-state index in [1.807, 2.05) is 60.7 Å². The van der Waals surface area contributed by atoms with Crippen molar-refractivity contribution in [2.45, 2.75) is 0 Å². The maximum absolute atomic E-state index is 5.37. The lowest BCUT2D eigenvalue weighted by Gasteiger charge is -1.98. The van der Waals surface area contributed by atoms with E-state index in [9.17, 15) is 0 Å². The van der Waals surface area contributed by atoms with Crippen molar-refractivity contribution in [2.24, 2.45) is 0 Å². The number of benzene rings is 2. The Kier molecular flexibility index (Phi) is 4.64. The van der Waals surface area contributed by atoms with Crippen molar-refractivity contribution in [3.05, 3.63) is 83.2 Å². The van der Waals surface area contributed by atoms with Crippen LogP contribution in [-0.4, -0.2) is 18.9 Å². The molecule has 0 saturated heterocycles. The number of hydrogen-bond donors (Lipinski definition) is 0. The third-order valence-electron chi connectivity index (χ3n) is 3.86. The first-order valence-electron chi connectivity index (χ1n) is 8.35. The van der Waals surface area contributed by atoms with Gasteiger partial charge in [0.1, 0.15) is 17.1 Å². The Morgan fingerprint density at radius 1 is 0.778 bits per heavy atom. The molecule has 27 heavy (non-hydrogen) atoms. The van der Waals surface area contributed by atoms with E-state index in [2.05, 4.69) is 28.7 Å². The highest BCUT2D eigenvalue weighted by atomic mass is 16.7. The first-order chi connectivity index (χ1) is 13.3. The minimum absolute atomic E-state index is 0.252. The normalized spacial score (nSPS) is 11.0. The molecule has 4 rings (SSSR count). The van der Waals surface area contributed by atoms with Gasteiger partial charge in [0, 0.05) is 11.1 Å². The van der Waals surface area contributed by atoms with Crippen LogP contribution >= 0.6 is 0 Å². The fraction of sp³-hybridized carbons (Fsp3) is 0.0870. The lowest BCUT2D eigenvalue weighted by atomic mass is 10.2. The molecule has 0 unspecified atom stereocenters. The Morgan fingerprint density at radius 2 is 1.48 bits per heavy atom. The molecule has 4 nitrogen and oxygen atoms in total. The van der Waals surface area contributed by atoms with Gasteiger partial charge in [0.15, 0.2) is 11.5 Å². The summed E-state index contributed by atoms with van der Waals surface area (Å²) in [4.78, 5) is 4.48. The second-order valence-electron chi connectivity index (χ2n) is 5.71. The van der Waals surface area contributed by atoms with Crippen molar-refractivity contribution in [1.82, 2.24) is 4.98 Å². The Hall–Kier alpha value is -3.89. The fourth-order valence-corrected chi connectivity index (χ4v) is 2.52. The van der Waals surface area contributed by atoms with Crippen LogP contribution < -0.4 is 14.2 Å². The van der Waals surface area contributed by atoms with Crippen LogP contribution in [0.3, 0.4) is 0 Å². The van der Waals surface area contributed by atoms with Crippen molar-refractivity contribution in [3.63, 3.8) is 0 Å². The minimum Gasteiger partial charge on any atom is -0.497 e. The predicted molar refractivity (Wildman–Crippen MR) is 102 cm³/mol. The zero-order valence-corrected chi connectivity index (χ0v) is 14.7. The molecule has 2 aromatic carbocycles. The van der Waals surface area contributed by atoms with E-state index in [0.717, 1.165) is 22.6 Å². The van der Waals surface area contributed by atoms with Gasteiger partial charge in [0.05, 0.1) is 7.11 Å². The molecule has 0 fully saturated rings. The molecule has 1 aliphatic heterocycles. The minimum atomic E-state index is 0.252. The second-order valence-corrected chi connectivity index (χ2v) is 5.71. The fourth-order valence-electron chi connectivity index (χ4n) is 2.52. The average Bonchev–Trinajstić information content (AvgIpc) is 3.19. The molecule has 0 aliphatic carbocycles. The number of nitrogens with zero attached hydrogens (tertiary/aromatic N) is 1. The molecule has 4 heteroatoms. The summed E-state index contributed by atoms with van der Waals surface area (Å²) in [5, 5.41) is 0. The number of pyridine rings is 1. The van der Waals surface area contributed by atoms with E-state index in [1.54, 1.807) is 7.11 Å². The van der Waals surface area contributed by atoms with Crippen molar-refractivity contribution >= 4 is 0 Å². The van der Waals surface area contributed by atoms with Crippen LogP contribution in [0.25, 0.3) is 0 Å². The lowest BCUT2D eigenvalue weighted by Crippen LogP contribution is -1.92. The first-order valence-corrected chi connectivity index (χ1v) is 8.35. The topological polar surface area (TPSA) is 40.6 Å². The predicted octanol–water partition coefficient (Wildman–Crippen LogP) is 3.62. The van der Waals surface area contributed by atoms with E-state index < -0.39 is 0 Å². The third kappa shape index (κ3) is 4.03. The van der Waals surface area contributed by atoms with Crippen molar-refractivity contribution in [2.75, 3.05) is 13.9 Å². The van der Waals surface area contributed by atoms with Crippen LogP contribution in [0.1, 0.15) is 22.5 Å². The van der Waals surface area contributed by atoms with Crippen LogP contribution in [0.15, 0.2) is 60.7 Å². The van der Waals surface area contributed by atoms with Crippen molar-refractivity contribution in [3.8, 4) is 40.9 Å². The highest BCUT2D eigenvalue weighted by Crippen LogP contribution is 2.32. The van der Waals surface area contributed by atoms with Gasteiger partial charge in [0.2, 0.25) is 6.79 Å². The number of rotatable bonds is 1. The van der Waals surface area contributed by atoms with E-state index in [0.29, 0.717) is 17.1 Å². The molecule has 0 atom stereocenters. The molecule has 1 aromatic heterocycles. The van der Waals surface area contributed by atoms with Gasteiger partial charge in [0.25, 0.3) is 0 Å². The molecule has 0 amide bonds. The van der Waals surface area contributed by atoms with Gasteiger partial charge in [-0.05, 0) is 60.4 Å². The van der Waals surface area contributed by atoms with E-state index in [-0.39, 0.29) is 6.79 Å². The van der Waals surface area contributed by atoms with Gasteiger partial charge in [-0.25, -0.2) is 4.98 Å². The highest BCUT2D eigenvalue weighted by molar-refractivity contribution is 5.51. The molecule has 0 N–H and O–H groups in total. The zero-order valence-electron chi connectivity index (χ0n) is 14.7. The van der Waals surface area contributed by atoms with E-state index >= 15 is 0 Å². The monoisotopic (exact) mass is 353 g/mol. The number of hydrogen-bond acceptors (Lipinski definition) is 4. The maximum Gasteiger partial charge on any atom is 0.231 e. The summed E-state index contributed by atoms with van der Waals surface area (Å²) < 4.78 is 15.9. The molecule has 2 heterocycles. The SMILES string of the molecule is COc1cccc(C#Cc2cccc(C#Cc3ccc4c(c3)OCO4)n2)c1. The van der Waals surface area contributed by atoms with Gasteiger partial charge < -0.3 is 14.2 Å². The van der Waals surface area contributed by atoms with Crippen molar-refractivity contribution in [1.29, 1.82) is 0 Å². The van der Waals surface area contributed by atoms with Crippen LogP contribution in [0.5, 0.6) is 17.2 Å². The van der Waals surface area contributed by atoms with Crippen molar-refractivity contribution < 1.29 is 14.2 Å². The Balaban J connectivity index is 1.54. The average molecular weight is 353 g/mol. The summed E-state index contributed by atoms with van der Waals surface area (Å²) in [6, 6.07) is 18.8. The molecule has 130 valence electrons. The maximum atomic E-state index is 5.37. The van der Waals surface area contributed by atoms with Gasteiger partial charge in [-0.1, -0.05) is 24.0 Å². The highest BCUT2D eigenvalue weighted by Gasteiger charge is 2.12. The van der Waals surface area contributed by atoms with Gasteiger partial charge in [-0.2, -0.15) is 0 Å². The quantitative estimate of drug-likeness (QED) is 0.627. The Morgan fingerprint density at radius 3 is 2.26 bits per heavy atom. The standard InChI is InChI=1S/C23H15NO3/c1-25-21-7-2-4-17(14-21)8-11-19-5-3-6-20(24-19)12-9-18-10-13-22-23(15-18)27-16-26-22/h2-7,10,13-15H,16H2,1H3. The van der Waals surface area contributed by atoms with Crippen LogP contribution in [0.2, 0.25) is 0 Å². The first kappa shape index (κ1) is 16.6. The molecule has 0 bridgehead atoms. The summed E-state index contributed by atoms with van der Waals surface area (Å²) in [6.45, 7) is 0.252. The van der Waals surface area contributed by atoms with Crippen LogP contribution in [0.4, 0.5) is 0 Å². The number of ether oxygens (including phenoxy) is 3. The molecule has 0 spiro atoms. The Bertz CT molecular complexity index is 1110. The summed E-state index contributed by atoms with van der Waals surface area (Å²) in [5.41, 5.74) is 3.03. The molecule has 3 aromatic rings. The molecule has 0 radical (unpaired) electrons. The van der Waals surface area contributed by atoms with Gasteiger partial charge in [-0.15, -0.1) is 0 Å². The Labute approximate surface area is 157 Å². The largest absolute Gasteiger partial charge is 0.497 e. The third-order valence-corrected chi connectivity index (χ3v) is 3.86. The molecule has 1 aliphatic rings. The number of fused-ring (bicyclic) bond motifs is 1. The van der Waals surface area contributed by atoms with Crippen LogP contribution in [0, 0.1) is 23.7 Å².